The Morgan fingerprint density at radius 1 is 1.06 bits per heavy atom. The van der Waals surface area contributed by atoms with Gasteiger partial charge in [-0.3, -0.25) is 4.40 Å². The molecule has 0 radical (unpaired) electrons. The van der Waals surface area contributed by atoms with E-state index in [1.165, 1.54) is 5.69 Å². The minimum Gasteiger partial charge on any atom is -0.478 e. The zero-order valence-corrected chi connectivity index (χ0v) is 16.7. The first-order valence-corrected chi connectivity index (χ1v) is 10.0. The summed E-state index contributed by atoms with van der Waals surface area (Å²) < 4.78 is 7.32. The summed E-state index contributed by atoms with van der Waals surface area (Å²) in [7, 11) is 0. The number of nitrogens with one attached hydrogen (secondary N) is 1. The van der Waals surface area contributed by atoms with Gasteiger partial charge in [-0.1, -0.05) is 12.1 Å². The van der Waals surface area contributed by atoms with E-state index < -0.39 is 5.97 Å². The molecule has 0 atom stereocenters. The number of anilines is 3. The minimum atomic E-state index is -0.963. The minimum absolute atomic E-state index is 0.230. The summed E-state index contributed by atoms with van der Waals surface area (Å²) in [6.45, 7) is 3.30. The second-order valence-corrected chi connectivity index (χ2v) is 7.27. The van der Waals surface area contributed by atoms with Crippen LogP contribution >= 0.6 is 0 Å². The molecule has 156 valence electrons. The first kappa shape index (κ1) is 19.1. The molecule has 5 rings (SSSR count). The number of aromatic nitrogens is 3. The number of carbonyl (C=O) groups is 1. The Morgan fingerprint density at radius 2 is 1.87 bits per heavy atom. The van der Waals surface area contributed by atoms with E-state index in [9.17, 15) is 9.90 Å². The highest BCUT2D eigenvalue weighted by molar-refractivity contribution is 5.89. The average molecular weight is 415 g/mol. The van der Waals surface area contributed by atoms with Crippen LogP contribution in [0.15, 0.2) is 67.1 Å². The number of carboxylic acid groups (broad SMARTS) is 1. The third-order valence-corrected chi connectivity index (χ3v) is 5.34. The number of hydrogen-bond acceptors (Lipinski definition) is 6. The fourth-order valence-electron chi connectivity index (χ4n) is 3.75. The Morgan fingerprint density at radius 3 is 2.65 bits per heavy atom. The van der Waals surface area contributed by atoms with E-state index in [0.717, 1.165) is 43.2 Å². The number of ether oxygens (including phenoxy) is 1. The van der Waals surface area contributed by atoms with E-state index >= 15 is 0 Å². The van der Waals surface area contributed by atoms with Crippen molar-refractivity contribution in [2.24, 2.45) is 0 Å². The van der Waals surface area contributed by atoms with Crippen LogP contribution in [0.1, 0.15) is 10.4 Å². The molecule has 31 heavy (non-hydrogen) atoms. The van der Waals surface area contributed by atoms with Crippen LogP contribution in [0.4, 0.5) is 17.2 Å². The maximum absolute atomic E-state index is 11.3. The normalized spacial score (nSPS) is 14.0. The Balaban J connectivity index is 1.43. The fraction of sp³-hybridized carbons (Fsp3) is 0.174. The van der Waals surface area contributed by atoms with E-state index in [1.54, 1.807) is 30.6 Å². The predicted octanol–water partition coefficient (Wildman–Crippen LogP) is 3.67. The van der Waals surface area contributed by atoms with Crippen molar-refractivity contribution in [1.82, 2.24) is 14.4 Å². The zero-order valence-electron chi connectivity index (χ0n) is 16.7. The van der Waals surface area contributed by atoms with Gasteiger partial charge in [0, 0.05) is 42.4 Å². The molecule has 2 aromatic carbocycles. The zero-order chi connectivity index (χ0) is 21.2. The summed E-state index contributed by atoms with van der Waals surface area (Å²) in [5, 5.41) is 12.6. The highest BCUT2D eigenvalue weighted by atomic mass is 16.5. The molecular formula is C23H21N5O3. The molecule has 2 N–H and O–H groups in total. The molecule has 2 aromatic heterocycles. The van der Waals surface area contributed by atoms with E-state index in [4.69, 9.17) is 4.74 Å². The Kier molecular flexibility index (Phi) is 4.97. The number of hydrogen-bond donors (Lipinski definition) is 2. The van der Waals surface area contributed by atoms with Crippen molar-refractivity contribution in [2.75, 3.05) is 36.5 Å². The molecule has 1 aliphatic heterocycles. The number of fused-ring (bicyclic) bond motifs is 1. The lowest BCUT2D eigenvalue weighted by molar-refractivity contribution is 0.0697. The highest BCUT2D eigenvalue weighted by Crippen LogP contribution is 2.27. The van der Waals surface area contributed by atoms with Crippen LogP contribution in [0, 0.1) is 0 Å². The molecule has 1 aliphatic rings. The van der Waals surface area contributed by atoms with Crippen molar-refractivity contribution < 1.29 is 14.6 Å². The molecule has 8 heteroatoms. The van der Waals surface area contributed by atoms with Gasteiger partial charge in [-0.25, -0.2) is 14.8 Å². The Hall–Kier alpha value is -3.91. The summed E-state index contributed by atoms with van der Waals surface area (Å²) in [5.41, 5.74) is 4.50. The monoisotopic (exact) mass is 415 g/mol. The summed E-state index contributed by atoms with van der Waals surface area (Å²) in [5.74, 6) is -0.335. The number of morpholine rings is 1. The van der Waals surface area contributed by atoms with E-state index in [-0.39, 0.29) is 5.56 Å². The van der Waals surface area contributed by atoms with Gasteiger partial charge in [-0.2, -0.15) is 0 Å². The van der Waals surface area contributed by atoms with Crippen molar-refractivity contribution in [3.05, 3.63) is 72.7 Å². The molecule has 0 saturated carbocycles. The lowest BCUT2D eigenvalue weighted by Crippen LogP contribution is -2.36. The first-order valence-electron chi connectivity index (χ1n) is 10.0. The lowest BCUT2D eigenvalue weighted by Gasteiger charge is -2.28. The van der Waals surface area contributed by atoms with Gasteiger partial charge in [-0.15, -0.1) is 0 Å². The summed E-state index contributed by atoms with van der Waals surface area (Å²) >= 11 is 0. The van der Waals surface area contributed by atoms with Crippen LogP contribution in [-0.2, 0) is 4.74 Å². The largest absolute Gasteiger partial charge is 0.478 e. The van der Waals surface area contributed by atoms with Crippen molar-refractivity contribution >= 4 is 28.8 Å². The maximum Gasteiger partial charge on any atom is 0.335 e. The topological polar surface area (TPSA) is 92.0 Å². The van der Waals surface area contributed by atoms with Crippen LogP contribution in [0.25, 0.3) is 16.9 Å². The van der Waals surface area contributed by atoms with Crippen LogP contribution < -0.4 is 10.2 Å². The quantitative estimate of drug-likeness (QED) is 0.514. The molecule has 4 aromatic rings. The van der Waals surface area contributed by atoms with Crippen molar-refractivity contribution in [2.45, 2.75) is 0 Å². The van der Waals surface area contributed by atoms with Gasteiger partial charge in [0.1, 0.15) is 0 Å². The van der Waals surface area contributed by atoms with Gasteiger partial charge in [0.25, 0.3) is 0 Å². The third-order valence-electron chi connectivity index (χ3n) is 5.34. The van der Waals surface area contributed by atoms with Gasteiger partial charge in [-0.05, 0) is 36.4 Å². The second-order valence-electron chi connectivity index (χ2n) is 7.27. The summed E-state index contributed by atoms with van der Waals surface area (Å²) in [6.07, 6.45) is 5.26. The van der Waals surface area contributed by atoms with Gasteiger partial charge in [0.2, 0.25) is 0 Å². The van der Waals surface area contributed by atoms with E-state index in [2.05, 4.69) is 32.3 Å². The summed E-state index contributed by atoms with van der Waals surface area (Å²) in [4.78, 5) is 22.6. The van der Waals surface area contributed by atoms with Crippen molar-refractivity contribution in [3.8, 4) is 11.3 Å². The number of imidazole rings is 1. The van der Waals surface area contributed by atoms with Crippen LogP contribution in [0.2, 0.25) is 0 Å². The third kappa shape index (κ3) is 3.80. The predicted molar refractivity (Wildman–Crippen MR) is 118 cm³/mol. The molecule has 1 saturated heterocycles. The van der Waals surface area contributed by atoms with Gasteiger partial charge in [0.05, 0.1) is 30.7 Å². The van der Waals surface area contributed by atoms with Crippen molar-refractivity contribution in [1.29, 1.82) is 0 Å². The standard InChI is InChI=1S/C23H21N5O3/c29-23(30)17-3-1-2-16(14-17)20-15-25-21(22-24-8-9-28(20)22)26-18-4-6-19(7-5-18)27-10-12-31-13-11-27/h1-9,14-15H,10-13H2,(H,25,26)(H,29,30). The molecule has 0 aliphatic carbocycles. The number of carboxylic acids is 1. The molecule has 0 bridgehead atoms. The van der Waals surface area contributed by atoms with E-state index in [0.29, 0.717) is 11.5 Å². The van der Waals surface area contributed by atoms with Gasteiger partial charge in [0.15, 0.2) is 11.5 Å². The Labute approximate surface area is 178 Å². The number of benzene rings is 2. The number of nitrogens with zero attached hydrogens (tertiary/aromatic N) is 4. The van der Waals surface area contributed by atoms with E-state index in [1.807, 2.05) is 28.8 Å². The highest BCUT2D eigenvalue weighted by Gasteiger charge is 2.14. The SMILES string of the molecule is O=C(O)c1cccc(-c2cnc(Nc3ccc(N4CCOCC4)cc3)c3nccn23)c1. The molecule has 3 heterocycles. The first-order chi connectivity index (χ1) is 15.2. The van der Waals surface area contributed by atoms with Gasteiger partial charge < -0.3 is 20.1 Å². The number of aromatic carboxylic acids is 1. The molecule has 0 amide bonds. The van der Waals surface area contributed by atoms with Gasteiger partial charge >= 0.3 is 5.97 Å². The molecular weight excluding hydrogens is 394 g/mol. The molecule has 1 fully saturated rings. The summed E-state index contributed by atoms with van der Waals surface area (Å²) in [6, 6.07) is 15.0. The average Bonchev–Trinajstić information content (AvgIpc) is 3.31. The van der Waals surface area contributed by atoms with Crippen molar-refractivity contribution in [3.63, 3.8) is 0 Å². The second kappa shape index (κ2) is 8.08. The lowest BCUT2D eigenvalue weighted by atomic mass is 10.1. The van der Waals surface area contributed by atoms with Crippen LogP contribution in [0.5, 0.6) is 0 Å². The Bertz CT molecular complexity index is 1230. The molecule has 0 spiro atoms. The van der Waals surface area contributed by atoms with Crippen LogP contribution in [-0.4, -0.2) is 51.7 Å². The number of rotatable bonds is 5. The molecule has 0 unspecified atom stereocenters. The van der Waals surface area contributed by atoms with Crippen LogP contribution in [0.3, 0.4) is 0 Å². The fourth-order valence-corrected chi connectivity index (χ4v) is 3.75. The molecule has 8 nitrogen and oxygen atoms in total. The smallest absolute Gasteiger partial charge is 0.335 e. The maximum atomic E-state index is 11.3.